The molecule has 0 rings (SSSR count). The van der Waals surface area contributed by atoms with Gasteiger partial charge in [0.15, 0.2) is 0 Å². The lowest BCUT2D eigenvalue weighted by molar-refractivity contribution is -0.528. The Kier molecular flexibility index (Phi) is 4.95. The minimum atomic E-state index is -6.93. The van der Waals surface area contributed by atoms with E-state index in [0.717, 1.165) is 0 Å². The van der Waals surface area contributed by atoms with Gasteiger partial charge in [-0.15, -0.1) is 0 Å². The van der Waals surface area contributed by atoms with Gasteiger partial charge in [-0.2, -0.15) is 48.3 Å². The lowest BCUT2D eigenvalue weighted by atomic mass is 10.2. The van der Waals surface area contributed by atoms with E-state index in [4.69, 9.17) is 0 Å². The summed E-state index contributed by atoms with van der Waals surface area (Å²) in [6, 6.07) is 0. The maximum atomic E-state index is 13.1. The zero-order valence-electron chi connectivity index (χ0n) is 9.18. The van der Waals surface area contributed by atoms with Crippen molar-refractivity contribution in [2.45, 2.75) is 37.3 Å². The molecule has 0 saturated heterocycles. The third-order valence-electron chi connectivity index (χ3n) is 1.66. The van der Waals surface area contributed by atoms with E-state index < -0.39 is 37.0 Å². The topological polar surface area (TPSA) is 18.5 Å². The predicted molar refractivity (Wildman–Crippen MR) is 38.6 cm³/mol. The molecule has 13 heteroatoms. The standard InChI is InChI=1S/C7H5F11O2/c1-2-19-6(15,16)3(8,4(9,10)11)20-7(17,18)5(12,13)14/h2H2,1H3. The molecule has 0 aromatic rings. The van der Waals surface area contributed by atoms with Crippen LogP contribution in [-0.2, 0) is 9.47 Å². The molecule has 0 fully saturated rings. The first-order valence-electron chi connectivity index (χ1n) is 4.44. The number of rotatable bonds is 5. The molecular weight excluding hydrogens is 325 g/mol. The molecule has 0 N–H and O–H groups in total. The van der Waals surface area contributed by atoms with Crippen LogP contribution in [-0.4, -0.2) is 37.0 Å². The van der Waals surface area contributed by atoms with E-state index in [1.165, 1.54) is 0 Å². The second-order valence-corrected chi connectivity index (χ2v) is 3.16. The summed E-state index contributed by atoms with van der Waals surface area (Å²) in [4.78, 5) is 0. The fourth-order valence-corrected chi connectivity index (χ4v) is 0.791. The molecule has 0 saturated carbocycles. The molecule has 0 spiro atoms. The third-order valence-corrected chi connectivity index (χ3v) is 1.66. The first kappa shape index (κ1) is 19.1. The lowest BCUT2D eigenvalue weighted by Gasteiger charge is -2.36. The van der Waals surface area contributed by atoms with Crippen LogP contribution in [0.5, 0.6) is 0 Å². The van der Waals surface area contributed by atoms with Crippen molar-refractivity contribution in [3.05, 3.63) is 0 Å². The summed E-state index contributed by atoms with van der Waals surface area (Å²) in [6.45, 7) is -0.706. The molecule has 20 heavy (non-hydrogen) atoms. The molecule has 0 aromatic carbocycles. The Morgan fingerprint density at radius 1 is 0.650 bits per heavy atom. The van der Waals surface area contributed by atoms with Crippen molar-refractivity contribution >= 4 is 0 Å². The Bertz CT molecular complexity index is 333. The molecule has 2 nitrogen and oxygen atoms in total. The summed E-state index contributed by atoms with van der Waals surface area (Å²) in [5, 5.41) is 0. The van der Waals surface area contributed by atoms with Gasteiger partial charge in [0.1, 0.15) is 0 Å². The highest BCUT2D eigenvalue weighted by Crippen LogP contribution is 2.51. The average Bonchev–Trinajstić information content (AvgIpc) is 2.12. The fraction of sp³-hybridized carbons (Fsp3) is 1.00. The van der Waals surface area contributed by atoms with Crippen LogP contribution in [0, 0.1) is 0 Å². The summed E-state index contributed by atoms with van der Waals surface area (Å²) in [5.74, 6) is -6.70. The molecule has 122 valence electrons. The van der Waals surface area contributed by atoms with E-state index in [1.54, 1.807) is 4.74 Å². The van der Waals surface area contributed by atoms with Crippen LogP contribution >= 0.6 is 0 Å². The third kappa shape index (κ3) is 3.42. The summed E-state index contributed by atoms with van der Waals surface area (Å²) in [5.41, 5.74) is 0. The van der Waals surface area contributed by atoms with Gasteiger partial charge in [0.05, 0.1) is 6.61 Å². The van der Waals surface area contributed by atoms with Crippen molar-refractivity contribution in [1.29, 1.82) is 0 Å². The smallest absolute Gasteiger partial charge is 0.316 e. The Morgan fingerprint density at radius 2 is 1.05 bits per heavy atom. The highest BCUT2D eigenvalue weighted by atomic mass is 19.4. The SMILES string of the molecule is CCOC(F)(F)C(F)(OC(F)(F)C(F)(F)F)C(F)(F)F. The molecular formula is C7H5F11O2. The van der Waals surface area contributed by atoms with E-state index >= 15 is 0 Å². The van der Waals surface area contributed by atoms with Gasteiger partial charge in [0.2, 0.25) is 0 Å². The molecule has 0 aromatic heterocycles. The van der Waals surface area contributed by atoms with Crippen molar-refractivity contribution in [1.82, 2.24) is 0 Å². The van der Waals surface area contributed by atoms with Gasteiger partial charge in [0, 0.05) is 0 Å². The first-order valence-corrected chi connectivity index (χ1v) is 4.44. The maximum Gasteiger partial charge on any atom is 0.483 e. The molecule has 0 aliphatic rings. The molecule has 0 aliphatic carbocycles. The van der Waals surface area contributed by atoms with E-state index in [9.17, 15) is 48.3 Å². The Balaban J connectivity index is 5.74. The highest BCUT2D eigenvalue weighted by Gasteiger charge is 2.80. The van der Waals surface area contributed by atoms with Crippen molar-refractivity contribution < 1.29 is 57.8 Å². The van der Waals surface area contributed by atoms with Crippen molar-refractivity contribution in [2.75, 3.05) is 6.61 Å². The van der Waals surface area contributed by atoms with Crippen LogP contribution in [0.25, 0.3) is 0 Å². The number of halogens is 11. The minimum Gasteiger partial charge on any atom is -0.316 e. The first-order chi connectivity index (χ1) is 8.52. The number of hydrogen-bond donors (Lipinski definition) is 0. The van der Waals surface area contributed by atoms with Crippen LogP contribution in [0.1, 0.15) is 6.92 Å². The second-order valence-electron chi connectivity index (χ2n) is 3.16. The van der Waals surface area contributed by atoms with Gasteiger partial charge >= 0.3 is 30.4 Å². The van der Waals surface area contributed by atoms with Crippen LogP contribution in [0.4, 0.5) is 48.3 Å². The van der Waals surface area contributed by atoms with Crippen LogP contribution in [0.3, 0.4) is 0 Å². The summed E-state index contributed by atoms with van der Waals surface area (Å²) < 4.78 is 139. The number of hydrogen-bond acceptors (Lipinski definition) is 2. The monoisotopic (exact) mass is 330 g/mol. The van der Waals surface area contributed by atoms with Crippen molar-refractivity contribution in [3.63, 3.8) is 0 Å². The van der Waals surface area contributed by atoms with Gasteiger partial charge in [-0.1, -0.05) is 0 Å². The number of alkyl halides is 11. The van der Waals surface area contributed by atoms with Crippen molar-refractivity contribution in [2.24, 2.45) is 0 Å². The summed E-state index contributed by atoms with van der Waals surface area (Å²) in [7, 11) is 0. The quantitative estimate of drug-likeness (QED) is 0.709. The zero-order valence-corrected chi connectivity index (χ0v) is 9.18. The highest BCUT2D eigenvalue weighted by molar-refractivity contribution is 4.89. The van der Waals surface area contributed by atoms with E-state index in [1.807, 2.05) is 0 Å². The van der Waals surface area contributed by atoms with E-state index in [2.05, 4.69) is 4.74 Å². The molecule has 0 bridgehead atoms. The van der Waals surface area contributed by atoms with Gasteiger partial charge in [-0.3, -0.25) is 4.74 Å². The Hall–Kier alpha value is -0.850. The summed E-state index contributed by atoms with van der Waals surface area (Å²) in [6.07, 6.45) is -26.7. The average molecular weight is 330 g/mol. The summed E-state index contributed by atoms with van der Waals surface area (Å²) >= 11 is 0. The van der Waals surface area contributed by atoms with Gasteiger partial charge in [-0.05, 0) is 6.92 Å². The minimum absolute atomic E-state index is 0.618. The predicted octanol–water partition coefficient (Wildman–Crippen LogP) is 4.02. The fourth-order valence-electron chi connectivity index (χ4n) is 0.791. The van der Waals surface area contributed by atoms with Crippen LogP contribution < -0.4 is 0 Å². The number of ether oxygens (including phenoxy) is 2. The molecule has 0 amide bonds. The van der Waals surface area contributed by atoms with E-state index in [-0.39, 0.29) is 0 Å². The van der Waals surface area contributed by atoms with Crippen LogP contribution in [0.2, 0.25) is 0 Å². The molecule has 0 radical (unpaired) electrons. The van der Waals surface area contributed by atoms with Gasteiger partial charge in [-0.25, -0.2) is 0 Å². The normalized spacial score (nSPS) is 18.0. The van der Waals surface area contributed by atoms with Crippen molar-refractivity contribution in [3.8, 4) is 0 Å². The lowest BCUT2D eigenvalue weighted by Crippen LogP contribution is -2.62. The Labute approximate surface area is 103 Å². The molecule has 1 atom stereocenters. The van der Waals surface area contributed by atoms with Gasteiger partial charge in [0.25, 0.3) is 0 Å². The van der Waals surface area contributed by atoms with Crippen LogP contribution in [0.15, 0.2) is 0 Å². The Morgan fingerprint density at radius 3 is 1.30 bits per heavy atom. The maximum absolute atomic E-state index is 13.1. The molecule has 0 heterocycles. The molecule has 0 aliphatic heterocycles. The zero-order chi connectivity index (χ0) is 16.6. The largest absolute Gasteiger partial charge is 0.483 e. The van der Waals surface area contributed by atoms with E-state index in [0.29, 0.717) is 6.92 Å². The second kappa shape index (κ2) is 5.16. The molecule has 1 unspecified atom stereocenters. The van der Waals surface area contributed by atoms with Gasteiger partial charge < -0.3 is 4.74 Å².